The molecule has 0 amide bonds. The van der Waals surface area contributed by atoms with Gasteiger partial charge < -0.3 is 42.6 Å². The molecule has 17 heteroatoms. The number of hydrogen-bond acceptors (Lipinski definition) is 17. The molecule has 1 unspecified atom stereocenters. The summed E-state index contributed by atoms with van der Waals surface area (Å²) in [5.41, 5.74) is -1.46. The van der Waals surface area contributed by atoms with Crippen LogP contribution in [0.15, 0.2) is 0 Å². The van der Waals surface area contributed by atoms with Gasteiger partial charge in [-0.05, 0) is 115 Å². The molecule has 12 fully saturated rings. The summed E-state index contributed by atoms with van der Waals surface area (Å²) in [6.45, 7) is 16.6. The fraction of sp³-hybridized carbons (Fsp3) is 0.958. The van der Waals surface area contributed by atoms with Crippen LogP contribution in [-0.2, 0) is 81.5 Å². The Kier molecular flexibility index (Phi) is 13.3. The van der Waals surface area contributed by atoms with Crippen LogP contribution in [0.2, 0.25) is 0 Å². The molecule has 10 heterocycles. The summed E-state index contributed by atoms with van der Waals surface area (Å²) >= 11 is 0. The third-order valence-electron chi connectivity index (χ3n) is 17.7. The first-order chi connectivity index (χ1) is 31.1. The number of hydrogen-bond donors (Lipinski definition) is 0. The second-order valence-corrected chi connectivity index (χ2v) is 22.0. The van der Waals surface area contributed by atoms with Crippen LogP contribution in [0.5, 0.6) is 0 Å². The molecule has 2 aliphatic carbocycles. The summed E-state index contributed by atoms with van der Waals surface area (Å²) in [5, 5.41) is 0. The highest BCUT2D eigenvalue weighted by Crippen LogP contribution is 2.62. The zero-order valence-corrected chi connectivity index (χ0v) is 39.6. The molecule has 10 saturated heterocycles. The van der Waals surface area contributed by atoms with Gasteiger partial charge in [0.1, 0.15) is 6.10 Å². The molecule has 0 N–H and O–H groups in total. The number of rotatable bonds is 13. The van der Waals surface area contributed by atoms with Crippen LogP contribution < -0.4 is 0 Å². The van der Waals surface area contributed by atoms with Gasteiger partial charge in [-0.25, -0.2) is 29.3 Å². The Morgan fingerprint density at radius 2 is 1.22 bits per heavy atom. The van der Waals surface area contributed by atoms with Crippen molar-refractivity contribution in [1.29, 1.82) is 0 Å². The zero-order chi connectivity index (χ0) is 45.5. The Morgan fingerprint density at radius 3 is 1.75 bits per heavy atom. The molecule has 17 nitrogen and oxygen atoms in total. The Bertz CT molecular complexity index is 1710. The summed E-state index contributed by atoms with van der Waals surface area (Å²) in [6.07, 6.45) is 4.67. The van der Waals surface area contributed by atoms with E-state index in [2.05, 4.69) is 27.7 Å². The molecule has 2 spiro atoms. The lowest BCUT2D eigenvalue weighted by Crippen LogP contribution is -2.70. The third-order valence-corrected chi connectivity index (χ3v) is 17.7. The molecule has 10 aliphatic heterocycles. The van der Waals surface area contributed by atoms with E-state index in [9.17, 15) is 9.59 Å². The van der Waals surface area contributed by atoms with E-state index in [4.69, 9.17) is 72.0 Å². The van der Waals surface area contributed by atoms with Crippen molar-refractivity contribution in [3.63, 3.8) is 0 Å². The van der Waals surface area contributed by atoms with Crippen LogP contribution in [0.3, 0.4) is 0 Å². The minimum atomic E-state index is -0.926. The van der Waals surface area contributed by atoms with E-state index in [0.29, 0.717) is 31.1 Å². The van der Waals surface area contributed by atoms with Crippen LogP contribution >= 0.6 is 0 Å². The smallest absolute Gasteiger partial charge is 0.308 e. The maximum atomic E-state index is 14.2. The highest BCUT2D eigenvalue weighted by atomic mass is 17.3. The number of ether oxygens (including phenoxy) is 9. The fourth-order valence-electron chi connectivity index (χ4n) is 13.9. The quantitative estimate of drug-likeness (QED) is 0.101. The molecule has 0 radical (unpaired) electrons. The third kappa shape index (κ3) is 8.64. The number of carbonyl (C=O) groups is 2. The zero-order valence-electron chi connectivity index (χ0n) is 39.6. The summed E-state index contributed by atoms with van der Waals surface area (Å²) < 4.78 is 57.5. The van der Waals surface area contributed by atoms with Gasteiger partial charge in [-0.2, -0.15) is 0 Å². The van der Waals surface area contributed by atoms with E-state index < -0.39 is 84.1 Å². The molecule has 65 heavy (non-hydrogen) atoms. The number of carbonyl (C=O) groups excluding carboxylic acids is 2. The van der Waals surface area contributed by atoms with E-state index in [-0.39, 0.29) is 74.0 Å². The standard InChI is InChI=1S/C48H74O17/c1-25-13-15-33-28(4)35(57-43-47(33)31(25)17-19-45(7,59-43)62-64-47)22-39(49)55-37-21-38(42(54-30(37)6)53-27(3)11-9-10-12-41-51-24-52-61-41)56-40(50)23-36-29(5)34-16-14-26(2)32-18-20-46(8)60-44(58-36)48(32,34)65-63-46/h25-38,41-44H,9-24H2,1-8H3/t25-,26-,27-,28-,29-,30+,31+,32+,33+,34+,35-,36-,37-,38-,41?,42-,43-,44-,45-,46-,47-,48-/m1/s1. The monoisotopic (exact) mass is 922 g/mol. The minimum Gasteiger partial charge on any atom is -0.459 e. The summed E-state index contributed by atoms with van der Waals surface area (Å²) in [4.78, 5) is 62.8. The van der Waals surface area contributed by atoms with Crippen molar-refractivity contribution in [3.8, 4) is 0 Å². The Hall–Kier alpha value is -1.58. The molecule has 0 aromatic rings. The van der Waals surface area contributed by atoms with Crippen molar-refractivity contribution in [3.05, 3.63) is 0 Å². The van der Waals surface area contributed by atoms with Crippen LogP contribution in [0, 0.1) is 47.3 Å². The van der Waals surface area contributed by atoms with Gasteiger partial charge >= 0.3 is 11.9 Å². The van der Waals surface area contributed by atoms with Crippen molar-refractivity contribution in [2.45, 2.75) is 236 Å². The minimum absolute atomic E-state index is 0.00452. The van der Waals surface area contributed by atoms with Crippen molar-refractivity contribution >= 4 is 11.9 Å². The van der Waals surface area contributed by atoms with Crippen LogP contribution in [-0.4, -0.2) is 103 Å². The highest BCUT2D eigenvalue weighted by molar-refractivity contribution is 5.71. The Labute approximate surface area is 383 Å². The number of fused-ring (bicyclic) bond motifs is 4. The maximum Gasteiger partial charge on any atom is 0.308 e. The van der Waals surface area contributed by atoms with E-state index in [1.165, 1.54) is 0 Å². The second-order valence-electron chi connectivity index (χ2n) is 22.0. The molecule has 2 saturated carbocycles. The van der Waals surface area contributed by atoms with Gasteiger partial charge in [-0.3, -0.25) is 9.59 Å². The molecule has 0 aromatic heterocycles. The molecule has 368 valence electrons. The molecule has 22 atom stereocenters. The van der Waals surface area contributed by atoms with Crippen LogP contribution in [0.4, 0.5) is 0 Å². The molecular formula is C48H74O17. The lowest BCUT2D eigenvalue weighted by atomic mass is 9.57. The SMILES string of the molecule is C[C@H]1[C@@H](CC(=O)O[C@@H]2C[C@@H](OC(=O)C[C@H]3O[C@@H]4O[C@@]5(C)CC[C@H]6[C@H](C)CC[C@@H]([C@H]3C)[C@@]46OO5)[C@H](C)O[C@H]2O[C@H](C)CCCCC2OCOO2)O[C@@H]2O[C@@]3(C)CC[C@H]4[C@H](C)CC[C@@H]1[C@@]24OO3. The largest absolute Gasteiger partial charge is 0.459 e. The highest BCUT2D eigenvalue weighted by Gasteiger charge is 2.71. The maximum absolute atomic E-state index is 14.2. The van der Waals surface area contributed by atoms with Gasteiger partial charge in [0.05, 0.1) is 37.3 Å². The number of unbranched alkanes of at least 4 members (excludes halogenated alkanes) is 1. The predicted molar refractivity (Wildman–Crippen MR) is 223 cm³/mol. The molecule has 12 rings (SSSR count). The van der Waals surface area contributed by atoms with E-state index in [0.717, 1.165) is 57.8 Å². The lowest BCUT2D eigenvalue weighted by Gasteiger charge is -2.60. The second kappa shape index (κ2) is 18.3. The van der Waals surface area contributed by atoms with E-state index in [1.807, 2.05) is 27.7 Å². The first-order valence-corrected chi connectivity index (χ1v) is 25.1. The Morgan fingerprint density at radius 1 is 0.662 bits per heavy atom. The van der Waals surface area contributed by atoms with Gasteiger partial charge in [0.15, 0.2) is 49.3 Å². The predicted octanol–water partition coefficient (Wildman–Crippen LogP) is 7.45. The molecule has 4 bridgehead atoms. The average molecular weight is 923 g/mol. The van der Waals surface area contributed by atoms with Crippen molar-refractivity contribution in [1.82, 2.24) is 0 Å². The van der Waals surface area contributed by atoms with Gasteiger partial charge in [-0.15, -0.1) is 0 Å². The van der Waals surface area contributed by atoms with Gasteiger partial charge in [0.25, 0.3) is 0 Å². The van der Waals surface area contributed by atoms with Crippen molar-refractivity contribution in [2.75, 3.05) is 6.79 Å². The Balaban J connectivity index is 0.809. The van der Waals surface area contributed by atoms with Crippen LogP contribution in [0.1, 0.15) is 152 Å². The first-order valence-electron chi connectivity index (χ1n) is 25.1. The molecule has 0 aromatic carbocycles. The fourth-order valence-corrected chi connectivity index (χ4v) is 13.9. The summed E-state index contributed by atoms with van der Waals surface area (Å²) in [6, 6.07) is 0. The van der Waals surface area contributed by atoms with Crippen LogP contribution in [0.25, 0.3) is 0 Å². The van der Waals surface area contributed by atoms with Gasteiger partial charge in [0.2, 0.25) is 11.6 Å². The lowest BCUT2D eigenvalue weighted by molar-refractivity contribution is -0.571. The van der Waals surface area contributed by atoms with E-state index in [1.54, 1.807) is 0 Å². The van der Waals surface area contributed by atoms with E-state index >= 15 is 0 Å². The topological polar surface area (TPSA) is 173 Å². The van der Waals surface area contributed by atoms with Crippen molar-refractivity contribution < 1.29 is 81.5 Å². The average Bonchev–Trinajstić information content (AvgIpc) is 3.55. The van der Waals surface area contributed by atoms with Gasteiger partial charge in [-0.1, -0.05) is 34.1 Å². The molecule has 12 aliphatic rings. The van der Waals surface area contributed by atoms with Gasteiger partial charge in [0, 0.05) is 37.5 Å². The normalized spacial score (nSPS) is 51.5. The first kappa shape index (κ1) is 47.1. The summed E-state index contributed by atoms with van der Waals surface area (Å²) in [7, 11) is 0. The van der Waals surface area contributed by atoms with Crippen molar-refractivity contribution in [2.24, 2.45) is 47.3 Å². The molecular weight excluding hydrogens is 849 g/mol. The number of esters is 2. The summed E-state index contributed by atoms with van der Waals surface area (Å²) in [5.74, 6) is -1.34.